The van der Waals surface area contributed by atoms with E-state index in [9.17, 15) is 9.59 Å². The molecule has 0 saturated heterocycles. The molecule has 1 amide bonds. The van der Waals surface area contributed by atoms with Crippen LogP contribution in [-0.2, 0) is 11.3 Å². The lowest BCUT2D eigenvalue weighted by Crippen LogP contribution is -2.27. The van der Waals surface area contributed by atoms with Crippen LogP contribution in [0.2, 0.25) is 0 Å². The summed E-state index contributed by atoms with van der Waals surface area (Å²) in [4.78, 5) is 31.2. The molecule has 0 fully saturated rings. The third-order valence-corrected chi connectivity index (χ3v) is 6.08. The third-order valence-electron chi connectivity index (χ3n) is 4.00. The lowest BCUT2D eigenvalue weighted by molar-refractivity contribution is -0.118. The minimum Gasteiger partial charge on any atom is -0.355 e. The zero-order valence-corrected chi connectivity index (χ0v) is 16.4. The fourth-order valence-corrected chi connectivity index (χ4v) is 4.45. The molecule has 2 aromatic rings. The molecular formula is C17H25N3O2S2. The molecule has 2 rings (SSSR count). The summed E-state index contributed by atoms with van der Waals surface area (Å²) in [5.74, 6) is 0.277. The zero-order valence-electron chi connectivity index (χ0n) is 14.8. The molecule has 0 aromatic carbocycles. The lowest BCUT2D eigenvalue weighted by Gasteiger charge is -2.10. The van der Waals surface area contributed by atoms with Gasteiger partial charge in [-0.25, -0.2) is 4.98 Å². The number of amides is 1. The number of nitrogens with one attached hydrogen (secondary N) is 1. The van der Waals surface area contributed by atoms with Crippen LogP contribution in [0.1, 0.15) is 43.6 Å². The average Bonchev–Trinajstić information content (AvgIpc) is 2.84. The second-order valence-corrected chi connectivity index (χ2v) is 7.90. The van der Waals surface area contributed by atoms with E-state index in [1.807, 2.05) is 20.8 Å². The van der Waals surface area contributed by atoms with Gasteiger partial charge in [0.1, 0.15) is 4.83 Å². The molecular weight excluding hydrogens is 342 g/mol. The summed E-state index contributed by atoms with van der Waals surface area (Å²) in [6.45, 7) is 9.30. The Morgan fingerprint density at radius 3 is 2.71 bits per heavy atom. The van der Waals surface area contributed by atoms with Gasteiger partial charge in [-0.3, -0.25) is 14.2 Å². The molecule has 132 valence electrons. The van der Waals surface area contributed by atoms with Crippen LogP contribution in [-0.4, -0.2) is 27.8 Å². The van der Waals surface area contributed by atoms with Crippen LogP contribution in [0.15, 0.2) is 9.95 Å². The van der Waals surface area contributed by atoms with E-state index in [-0.39, 0.29) is 17.2 Å². The van der Waals surface area contributed by atoms with Crippen molar-refractivity contribution in [2.75, 3.05) is 12.3 Å². The molecule has 5 nitrogen and oxygen atoms in total. The molecule has 0 spiro atoms. The first kappa shape index (κ1) is 19.0. The van der Waals surface area contributed by atoms with Crippen LogP contribution in [0.4, 0.5) is 0 Å². The Labute approximate surface area is 150 Å². The molecule has 7 heteroatoms. The number of hydrogen-bond acceptors (Lipinski definition) is 5. The van der Waals surface area contributed by atoms with Gasteiger partial charge in [-0.05, 0) is 32.8 Å². The topological polar surface area (TPSA) is 64.0 Å². The summed E-state index contributed by atoms with van der Waals surface area (Å²) in [5, 5.41) is 4.26. The highest BCUT2D eigenvalue weighted by Gasteiger charge is 2.16. The fraction of sp³-hybridized carbons (Fsp3) is 0.588. The maximum atomic E-state index is 12.7. The lowest BCUT2D eigenvalue weighted by atomic mass is 10.2. The van der Waals surface area contributed by atoms with E-state index in [0.29, 0.717) is 23.6 Å². The normalized spacial score (nSPS) is 11.2. The number of aryl methyl sites for hydroxylation is 2. The molecule has 0 aliphatic rings. The van der Waals surface area contributed by atoms with E-state index in [1.165, 1.54) is 11.8 Å². The first-order chi connectivity index (χ1) is 11.5. The smallest absolute Gasteiger partial charge is 0.263 e. The highest BCUT2D eigenvalue weighted by atomic mass is 32.2. The second-order valence-electron chi connectivity index (χ2n) is 5.75. The molecule has 0 aliphatic carbocycles. The van der Waals surface area contributed by atoms with Crippen LogP contribution in [0, 0.1) is 13.8 Å². The van der Waals surface area contributed by atoms with Crippen molar-refractivity contribution in [3.63, 3.8) is 0 Å². The van der Waals surface area contributed by atoms with E-state index in [2.05, 4.69) is 17.2 Å². The van der Waals surface area contributed by atoms with Crippen molar-refractivity contribution in [2.45, 2.75) is 58.7 Å². The largest absolute Gasteiger partial charge is 0.355 e. The molecule has 1 N–H and O–H groups in total. The third kappa shape index (κ3) is 4.19. The number of nitrogens with zero attached hydrogens (tertiary/aromatic N) is 2. The molecule has 2 heterocycles. The van der Waals surface area contributed by atoms with E-state index >= 15 is 0 Å². The van der Waals surface area contributed by atoms with Gasteiger partial charge in [-0.15, -0.1) is 11.3 Å². The van der Waals surface area contributed by atoms with E-state index in [1.54, 1.807) is 15.9 Å². The Hall–Kier alpha value is -1.34. The van der Waals surface area contributed by atoms with Crippen LogP contribution < -0.4 is 10.9 Å². The number of thioether (sulfide) groups is 1. The van der Waals surface area contributed by atoms with E-state index in [4.69, 9.17) is 0 Å². The Balaban J connectivity index is 2.14. The van der Waals surface area contributed by atoms with Crippen molar-refractivity contribution in [1.29, 1.82) is 0 Å². The summed E-state index contributed by atoms with van der Waals surface area (Å²) in [6, 6.07) is 0. The van der Waals surface area contributed by atoms with Gasteiger partial charge in [0.05, 0.1) is 11.1 Å². The first-order valence-corrected chi connectivity index (χ1v) is 10.2. The SMILES string of the molecule is CCCCCNC(=O)CSc1nc2sc(C)c(C)c2c(=O)n1CC. The number of hydrogen-bond donors (Lipinski definition) is 1. The molecule has 0 bridgehead atoms. The number of fused-ring (bicyclic) bond motifs is 1. The van der Waals surface area contributed by atoms with Crippen molar-refractivity contribution in [1.82, 2.24) is 14.9 Å². The molecule has 0 saturated carbocycles. The highest BCUT2D eigenvalue weighted by Crippen LogP contribution is 2.28. The van der Waals surface area contributed by atoms with Gasteiger partial charge in [-0.2, -0.15) is 0 Å². The number of rotatable bonds is 8. The summed E-state index contributed by atoms with van der Waals surface area (Å²) >= 11 is 2.88. The first-order valence-electron chi connectivity index (χ1n) is 8.39. The Morgan fingerprint density at radius 2 is 2.04 bits per heavy atom. The minimum absolute atomic E-state index is 0.00444. The number of thiophene rings is 1. The molecule has 0 radical (unpaired) electrons. The van der Waals surface area contributed by atoms with Crippen LogP contribution in [0.25, 0.3) is 10.2 Å². The van der Waals surface area contributed by atoms with E-state index in [0.717, 1.165) is 34.5 Å². The molecule has 24 heavy (non-hydrogen) atoms. The maximum absolute atomic E-state index is 12.7. The Bertz CT molecular complexity index is 780. The van der Waals surface area contributed by atoms with Crippen LogP contribution in [0.5, 0.6) is 0 Å². The molecule has 0 unspecified atom stereocenters. The quantitative estimate of drug-likeness (QED) is 0.441. The number of unbranched alkanes of at least 4 members (excludes halogenated alkanes) is 2. The van der Waals surface area contributed by atoms with E-state index < -0.39 is 0 Å². The van der Waals surface area contributed by atoms with Gasteiger partial charge in [0.2, 0.25) is 5.91 Å². The van der Waals surface area contributed by atoms with Gasteiger partial charge >= 0.3 is 0 Å². The molecule has 2 aromatic heterocycles. The number of carbonyl (C=O) groups excluding carboxylic acids is 1. The van der Waals surface area contributed by atoms with Gasteiger partial charge < -0.3 is 5.32 Å². The Kier molecular flexibility index (Phi) is 6.86. The predicted octanol–water partition coefficient (Wildman–Crippen LogP) is 3.49. The summed E-state index contributed by atoms with van der Waals surface area (Å²) in [7, 11) is 0. The highest BCUT2D eigenvalue weighted by molar-refractivity contribution is 7.99. The van der Waals surface area contributed by atoms with Gasteiger partial charge in [-0.1, -0.05) is 31.5 Å². The Morgan fingerprint density at radius 1 is 1.29 bits per heavy atom. The van der Waals surface area contributed by atoms with Crippen molar-refractivity contribution in [3.05, 3.63) is 20.8 Å². The van der Waals surface area contributed by atoms with Crippen molar-refractivity contribution < 1.29 is 4.79 Å². The van der Waals surface area contributed by atoms with Crippen molar-refractivity contribution in [2.24, 2.45) is 0 Å². The summed E-state index contributed by atoms with van der Waals surface area (Å²) in [6.07, 6.45) is 3.26. The monoisotopic (exact) mass is 367 g/mol. The summed E-state index contributed by atoms with van der Waals surface area (Å²) < 4.78 is 1.66. The second kappa shape index (κ2) is 8.67. The molecule has 0 aliphatic heterocycles. The fourth-order valence-electron chi connectivity index (χ4n) is 2.48. The van der Waals surface area contributed by atoms with Gasteiger partial charge in [0, 0.05) is 18.0 Å². The maximum Gasteiger partial charge on any atom is 0.263 e. The standard InChI is InChI=1S/C17H25N3O2S2/c1-5-7-8-9-18-13(21)10-23-17-19-15-14(11(3)12(4)24-15)16(22)20(17)6-2/h5-10H2,1-4H3,(H,18,21). The zero-order chi connectivity index (χ0) is 17.7. The van der Waals surface area contributed by atoms with Gasteiger partial charge in [0.15, 0.2) is 5.16 Å². The average molecular weight is 368 g/mol. The van der Waals surface area contributed by atoms with Gasteiger partial charge in [0.25, 0.3) is 5.56 Å². The summed E-state index contributed by atoms with van der Waals surface area (Å²) in [5.41, 5.74) is 1.01. The predicted molar refractivity (Wildman–Crippen MR) is 102 cm³/mol. The molecule has 0 atom stereocenters. The number of aromatic nitrogens is 2. The van der Waals surface area contributed by atoms with Crippen molar-refractivity contribution in [3.8, 4) is 0 Å². The minimum atomic E-state index is -0.00774. The van der Waals surface area contributed by atoms with Crippen molar-refractivity contribution >= 4 is 39.2 Å². The van der Waals surface area contributed by atoms with Crippen LogP contribution >= 0.6 is 23.1 Å². The number of carbonyl (C=O) groups is 1. The van der Waals surface area contributed by atoms with Crippen LogP contribution in [0.3, 0.4) is 0 Å².